The summed E-state index contributed by atoms with van der Waals surface area (Å²) in [7, 11) is 0. The Hall–Kier alpha value is -2.42. The number of amides is 2. The van der Waals surface area contributed by atoms with Crippen LogP contribution in [0.2, 0.25) is 0 Å². The van der Waals surface area contributed by atoms with Crippen molar-refractivity contribution in [3.05, 3.63) is 63.2 Å². The van der Waals surface area contributed by atoms with E-state index < -0.39 is 23.8 Å². The standard InChI is InChI=1S/C18H17IN2O4/c1-11(22)25-15-7-3-5-13(10-15)18(24)21-16(17(20)23)9-12-4-2-6-14(19)8-12/h2-8,10,16H,9H2,1H3,(H2,20,23)(H,21,24)/t16-/m1/s1. The molecule has 2 aromatic carbocycles. The quantitative estimate of drug-likeness (QED) is 0.398. The van der Waals surface area contributed by atoms with Crippen LogP contribution in [0.5, 0.6) is 5.75 Å². The van der Waals surface area contributed by atoms with E-state index in [1.807, 2.05) is 24.3 Å². The first kappa shape index (κ1) is 18.9. The van der Waals surface area contributed by atoms with Crippen molar-refractivity contribution in [2.75, 3.05) is 0 Å². The Morgan fingerprint density at radius 3 is 2.52 bits per heavy atom. The zero-order valence-corrected chi connectivity index (χ0v) is 15.6. The highest BCUT2D eigenvalue weighted by Crippen LogP contribution is 2.14. The molecule has 25 heavy (non-hydrogen) atoms. The number of rotatable bonds is 6. The van der Waals surface area contributed by atoms with Gasteiger partial charge < -0.3 is 15.8 Å². The number of nitrogens with two attached hydrogens (primary N) is 1. The molecule has 0 aromatic heterocycles. The molecular formula is C18H17IN2O4. The average molecular weight is 452 g/mol. The number of carbonyl (C=O) groups excluding carboxylic acids is 3. The number of ether oxygens (including phenoxy) is 1. The lowest BCUT2D eigenvalue weighted by molar-refractivity contribution is -0.131. The molecule has 2 rings (SSSR count). The number of nitrogens with one attached hydrogen (secondary N) is 1. The highest BCUT2D eigenvalue weighted by atomic mass is 127. The Morgan fingerprint density at radius 2 is 1.88 bits per heavy atom. The van der Waals surface area contributed by atoms with Crippen LogP contribution in [0.1, 0.15) is 22.8 Å². The van der Waals surface area contributed by atoms with Gasteiger partial charge in [-0.05, 0) is 58.5 Å². The van der Waals surface area contributed by atoms with E-state index in [9.17, 15) is 14.4 Å². The molecule has 0 fully saturated rings. The van der Waals surface area contributed by atoms with Gasteiger partial charge in [0.2, 0.25) is 5.91 Å². The van der Waals surface area contributed by atoms with Gasteiger partial charge in [-0.3, -0.25) is 14.4 Å². The van der Waals surface area contributed by atoms with Crippen molar-refractivity contribution >= 4 is 40.4 Å². The first-order valence-corrected chi connectivity index (χ1v) is 8.56. The Kier molecular flexibility index (Phi) is 6.51. The van der Waals surface area contributed by atoms with E-state index >= 15 is 0 Å². The second-order valence-corrected chi connectivity index (χ2v) is 6.63. The zero-order valence-electron chi connectivity index (χ0n) is 13.5. The van der Waals surface area contributed by atoms with Gasteiger partial charge in [0.05, 0.1) is 0 Å². The van der Waals surface area contributed by atoms with Gasteiger partial charge in [0, 0.05) is 22.5 Å². The highest BCUT2D eigenvalue weighted by Gasteiger charge is 2.20. The number of hydrogen-bond acceptors (Lipinski definition) is 4. The van der Waals surface area contributed by atoms with Gasteiger partial charge in [0.1, 0.15) is 11.8 Å². The lowest BCUT2D eigenvalue weighted by Crippen LogP contribution is -2.45. The van der Waals surface area contributed by atoms with Crippen molar-refractivity contribution < 1.29 is 19.1 Å². The number of carbonyl (C=O) groups is 3. The molecule has 2 amide bonds. The fourth-order valence-corrected chi connectivity index (χ4v) is 2.84. The van der Waals surface area contributed by atoms with Crippen molar-refractivity contribution in [1.82, 2.24) is 5.32 Å². The number of esters is 1. The van der Waals surface area contributed by atoms with Crippen molar-refractivity contribution in [2.45, 2.75) is 19.4 Å². The summed E-state index contributed by atoms with van der Waals surface area (Å²) >= 11 is 2.17. The van der Waals surface area contributed by atoms with Crippen molar-refractivity contribution in [1.29, 1.82) is 0 Å². The van der Waals surface area contributed by atoms with Crippen molar-refractivity contribution in [3.63, 3.8) is 0 Å². The summed E-state index contributed by atoms with van der Waals surface area (Å²) in [6.45, 7) is 1.27. The summed E-state index contributed by atoms with van der Waals surface area (Å²) < 4.78 is 5.98. The fourth-order valence-electron chi connectivity index (χ4n) is 2.23. The van der Waals surface area contributed by atoms with E-state index in [1.54, 1.807) is 18.2 Å². The molecule has 0 aliphatic heterocycles. The van der Waals surface area contributed by atoms with E-state index in [-0.39, 0.29) is 11.3 Å². The molecule has 0 unspecified atom stereocenters. The molecule has 1 atom stereocenters. The Bertz CT molecular complexity index is 807. The highest BCUT2D eigenvalue weighted by molar-refractivity contribution is 14.1. The number of benzene rings is 2. The van der Waals surface area contributed by atoms with E-state index in [1.165, 1.54) is 13.0 Å². The molecule has 130 valence electrons. The summed E-state index contributed by atoms with van der Waals surface area (Å²) in [6, 6.07) is 12.9. The normalized spacial score (nSPS) is 11.4. The van der Waals surface area contributed by atoms with Gasteiger partial charge in [0.25, 0.3) is 5.91 Å². The molecule has 0 heterocycles. The number of hydrogen-bond donors (Lipinski definition) is 2. The maximum atomic E-state index is 12.4. The summed E-state index contributed by atoms with van der Waals surface area (Å²) in [6.07, 6.45) is 0.293. The minimum atomic E-state index is -0.844. The third kappa shape index (κ3) is 5.86. The van der Waals surface area contributed by atoms with Crippen LogP contribution in [0.15, 0.2) is 48.5 Å². The van der Waals surface area contributed by atoms with Gasteiger partial charge in [-0.1, -0.05) is 18.2 Å². The largest absolute Gasteiger partial charge is 0.427 e. The van der Waals surface area contributed by atoms with Gasteiger partial charge in [-0.15, -0.1) is 0 Å². The molecule has 0 saturated heterocycles. The van der Waals surface area contributed by atoms with Crippen LogP contribution in [0, 0.1) is 3.57 Å². The summed E-state index contributed by atoms with van der Waals surface area (Å²) in [5.41, 5.74) is 6.58. The summed E-state index contributed by atoms with van der Waals surface area (Å²) in [4.78, 5) is 35.1. The van der Waals surface area contributed by atoms with Crippen LogP contribution in [0.25, 0.3) is 0 Å². The van der Waals surface area contributed by atoms with Crippen molar-refractivity contribution in [3.8, 4) is 5.75 Å². The van der Waals surface area contributed by atoms with Crippen LogP contribution in [-0.4, -0.2) is 23.8 Å². The molecule has 0 bridgehead atoms. The molecule has 2 aromatic rings. The van der Waals surface area contributed by atoms with Crippen LogP contribution in [-0.2, 0) is 16.0 Å². The van der Waals surface area contributed by atoms with Gasteiger partial charge in [-0.2, -0.15) is 0 Å². The molecule has 0 aliphatic rings. The Labute approximate surface area is 158 Å². The smallest absolute Gasteiger partial charge is 0.308 e. The van der Waals surface area contributed by atoms with Gasteiger partial charge >= 0.3 is 5.97 Å². The molecular weight excluding hydrogens is 435 g/mol. The minimum Gasteiger partial charge on any atom is -0.427 e. The number of primary amides is 1. The second-order valence-electron chi connectivity index (χ2n) is 5.38. The van der Waals surface area contributed by atoms with E-state index in [0.29, 0.717) is 6.42 Å². The van der Waals surface area contributed by atoms with Crippen LogP contribution in [0.4, 0.5) is 0 Å². The molecule has 0 spiro atoms. The maximum absolute atomic E-state index is 12.4. The third-order valence-electron chi connectivity index (χ3n) is 3.34. The predicted octanol–water partition coefficient (Wildman–Crippen LogP) is 2.04. The molecule has 0 radical (unpaired) electrons. The summed E-state index contributed by atoms with van der Waals surface area (Å²) in [5.74, 6) is -1.31. The molecule has 0 saturated carbocycles. The first-order valence-electron chi connectivity index (χ1n) is 7.48. The fraction of sp³-hybridized carbons (Fsp3) is 0.167. The molecule has 0 aliphatic carbocycles. The van der Waals surface area contributed by atoms with E-state index in [2.05, 4.69) is 27.9 Å². The molecule has 6 nitrogen and oxygen atoms in total. The Balaban J connectivity index is 2.12. The predicted molar refractivity (Wildman–Crippen MR) is 101 cm³/mol. The Morgan fingerprint density at radius 1 is 1.16 bits per heavy atom. The monoisotopic (exact) mass is 452 g/mol. The molecule has 7 heteroatoms. The lowest BCUT2D eigenvalue weighted by Gasteiger charge is -2.16. The average Bonchev–Trinajstić information content (AvgIpc) is 2.53. The van der Waals surface area contributed by atoms with E-state index in [4.69, 9.17) is 10.5 Å². The van der Waals surface area contributed by atoms with Crippen LogP contribution < -0.4 is 15.8 Å². The first-order chi connectivity index (χ1) is 11.8. The second kappa shape index (κ2) is 8.61. The third-order valence-corrected chi connectivity index (χ3v) is 4.01. The SMILES string of the molecule is CC(=O)Oc1cccc(C(=O)N[C@H](Cc2cccc(I)c2)C(N)=O)c1. The van der Waals surface area contributed by atoms with Crippen LogP contribution in [0.3, 0.4) is 0 Å². The summed E-state index contributed by atoms with van der Waals surface area (Å²) in [5, 5.41) is 2.62. The van der Waals surface area contributed by atoms with Gasteiger partial charge in [0.15, 0.2) is 0 Å². The minimum absolute atomic E-state index is 0.258. The topological polar surface area (TPSA) is 98.5 Å². The van der Waals surface area contributed by atoms with Crippen molar-refractivity contribution in [2.24, 2.45) is 5.73 Å². The zero-order chi connectivity index (χ0) is 18.4. The molecule has 3 N–H and O–H groups in total. The lowest BCUT2D eigenvalue weighted by atomic mass is 10.0. The van der Waals surface area contributed by atoms with E-state index in [0.717, 1.165) is 9.13 Å². The maximum Gasteiger partial charge on any atom is 0.308 e. The van der Waals surface area contributed by atoms with Crippen LogP contribution >= 0.6 is 22.6 Å². The number of halogens is 1. The van der Waals surface area contributed by atoms with Gasteiger partial charge in [-0.25, -0.2) is 0 Å².